The van der Waals surface area contributed by atoms with Crippen molar-refractivity contribution in [2.75, 3.05) is 29.0 Å². The number of nitrogens with one attached hydrogen (secondary N) is 2. The van der Waals surface area contributed by atoms with Crippen molar-refractivity contribution in [1.82, 2.24) is 15.3 Å². The van der Waals surface area contributed by atoms with Crippen molar-refractivity contribution in [1.29, 1.82) is 10.5 Å². The molecule has 0 unspecified atom stereocenters. The monoisotopic (exact) mass is 342 g/mol. The first-order valence-electron chi connectivity index (χ1n) is 8.32. The van der Waals surface area contributed by atoms with Gasteiger partial charge in [-0.1, -0.05) is 0 Å². The van der Waals surface area contributed by atoms with E-state index in [4.69, 9.17) is 16.3 Å². The highest BCUT2D eigenvalue weighted by atomic mass is 15.2. The normalized spacial score (nSPS) is 18.8. The van der Waals surface area contributed by atoms with Gasteiger partial charge in [0.15, 0.2) is 11.6 Å². The maximum Gasteiger partial charge on any atom is 0.159 e. The molecule has 1 aromatic heterocycles. The molecule has 1 aromatic rings. The summed E-state index contributed by atoms with van der Waals surface area (Å²) in [5, 5.41) is 25.0. The predicted octanol–water partition coefficient (Wildman–Crippen LogP) is 1.63. The number of piperidine rings is 1. The lowest BCUT2D eigenvalue weighted by Crippen LogP contribution is -2.60. The summed E-state index contributed by atoms with van der Waals surface area (Å²) < 4.78 is 0. The summed E-state index contributed by atoms with van der Waals surface area (Å²) in [6.45, 7) is 8.80. The maximum atomic E-state index is 8.95. The second-order valence-electron chi connectivity index (χ2n) is 7.77. The smallest absolute Gasteiger partial charge is 0.159 e. The van der Waals surface area contributed by atoms with Gasteiger partial charge in [-0.15, -0.1) is 0 Å². The Balaban J connectivity index is 2.25. The molecule has 4 N–H and O–H groups in total. The summed E-state index contributed by atoms with van der Waals surface area (Å²) in [5.74, 6) is 0.956. The molecule has 1 saturated heterocycles. The van der Waals surface area contributed by atoms with Gasteiger partial charge in [0.2, 0.25) is 0 Å². The van der Waals surface area contributed by atoms with Crippen molar-refractivity contribution in [3.63, 3.8) is 0 Å². The van der Waals surface area contributed by atoms with Gasteiger partial charge in [0.1, 0.15) is 25.1 Å². The molecule has 2 rings (SSSR count). The van der Waals surface area contributed by atoms with Crippen LogP contribution >= 0.6 is 0 Å². The quantitative estimate of drug-likeness (QED) is 0.689. The highest BCUT2D eigenvalue weighted by Crippen LogP contribution is 2.32. The molecule has 0 bridgehead atoms. The second-order valence-corrected chi connectivity index (χ2v) is 7.77. The number of rotatable bonds is 5. The first-order valence-corrected chi connectivity index (χ1v) is 8.32. The molecule has 0 atom stereocenters. The highest BCUT2D eigenvalue weighted by molar-refractivity contribution is 5.75. The molecule has 134 valence electrons. The minimum absolute atomic E-state index is 0.00229. The summed E-state index contributed by atoms with van der Waals surface area (Å²) in [5.41, 5.74) is 6.59. The van der Waals surface area contributed by atoms with Gasteiger partial charge < -0.3 is 21.3 Å². The fourth-order valence-corrected chi connectivity index (χ4v) is 3.75. The van der Waals surface area contributed by atoms with E-state index in [0.717, 1.165) is 12.8 Å². The molecule has 0 spiro atoms. The van der Waals surface area contributed by atoms with Crippen LogP contribution in [0.1, 0.15) is 40.5 Å². The molecule has 0 aliphatic carbocycles. The Kier molecular flexibility index (Phi) is 5.34. The number of nitrogens with zero attached hydrogens (tertiary/aromatic N) is 5. The first kappa shape index (κ1) is 18.8. The topological polar surface area (TPSA) is 127 Å². The van der Waals surface area contributed by atoms with Crippen LogP contribution in [0.25, 0.3) is 0 Å². The van der Waals surface area contributed by atoms with Crippen LogP contribution in [-0.4, -0.2) is 40.2 Å². The number of hydrogen-bond acceptors (Lipinski definition) is 8. The summed E-state index contributed by atoms with van der Waals surface area (Å²) in [6.07, 6.45) is 3.26. The zero-order valence-corrected chi connectivity index (χ0v) is 15.3. The first-order chi connectivity index (χ1) is 11.7. The lowest BCUT2D eigenvalue weighted by atomic mass is 9.79. The Hall–Kier alpha value is -2.58. The molecule has 1 aliphatic rings. The Bertz CT molecular complexity index is 666. The third kappa shape index (κ3) is 4.71. The van der Waals surface area contributed by atoms with E-state index in [1.165, 1.54) is 6.33 Å². The number of nitrogen functional groups attached to an aromatic ring is 1. The van der Waals surface area contributed by atoms with Crippen LogP contribution < -0.4 is 21.3 Å². The van der Waals surface area contributed by atoms with Crippen molar-refractivity contribution in [3.05, 3.63) is 6.33 Å². The van der Waals surface area contributed by atoms with Gasteiger partial charge in [-0.25, -0.2) is 9.97 Å². The van der Waals surface area contributed by atoms with Crippen LogP contribution in [0.2, 0.25) is 0 Å². The van der Waals surface area contributed by atoms with Gasteiger partial charge in [-0.3, -0.25) is 0 Å². The largest absolute Gasteiger partial charge is 0.393 e. The van der Waals surface area contributed by atoms with Crippen LogP contribution in [-0.2, 0) is 0 Å². The number of aromatic nitrogens is 2. The van der Waals surface area contributed by atoms with Crippen molar-refractivity contribution in [2.24, 2.45) is 0 Å². The average Bonchev–Trinajstić information content (AvgIpc) is 2.46. The molecule has 0 radical (unpaired) electrons. The SMILES string of the molecule is CC1(C)CC(Nc2ncnc(N(CC#N)CC#N)c2N)CC(C)(C)N1. The van der Waals surface area contributed by atoms with Gasteiger partial charge in [0.25, 0.3) is 0 Å². The molecule has 8 heteroatoms. The van der Waals surface area contributed by atoms with E-state index < -0.39 is 0 Å². The minimum atomic E-state index is -0.00229. The number of nitrogens with two attached hydrogens (primary N) is 1. The molecular formula is C17H26N8. The van der Waals surface area contributed by atoms with Gasteiger partial charge in [0, 0.05) is 17.1 Å². The van der Waals surface area contributed by atoms with Crippen LogP contribution in [0.15, 0.2) is 6.33 Å². The zero-order chi connectivity index (χ0) is 18.7. The molecule has 1 fully saturated rings. The van der Waals surface area contributed by atoms with Crippen molar-refractivity contribution in [3.8, 4) is 12.1 Å². The summed E-state index contributed by atoms with van der Waals surface area (Å²) >= 11 is 0. The maximum absolute atomic E-state index is 8.95. The Morgan fingerprint density at radius 1 is 1.20 bits per heavy atom. The van der Waals surface area contributed by atoms with Gasteiger partial charge in [-0.2, -0.15) is 10.5 Å². The number of nitriles is 2. The summed E-state index contributed by atoms with van der Waals surface area (Å²) in [4.78, 5) is 9.97. The molecule has 25 heavy (non-hydrogen) atoms. The number of anilines is 3. The van der Waals surface area contributed by atoms with Crippen LogP contribution in [0.4, 0.5) is 17.3 Å². The van der Waals surface area contributed by atoms with E-state index in [1.54, 1.807) is 4.90 Å². The predicted molar refractivity (Wildman–Crippen MR) is 97.8 cm³/mol. The molecule has 8 nitrogen and oxygen atoms in total. The van der Waals surface area contributed by atoms with Gasteiger partial charge in [-0.05, 0) is 40.5 Å². The standard InChI is InChI=1S/C17H26N8/c1-16(2)9-12(10-17(3,4)24-16)23-14-13(20)15(22-11-21-14)25(7-5-18)8-6-19/h11-12,24H,7-10,20H2,1-4H3,(H,21,22,23). The lowest BCUT2D eigenvalue weighted by Gasteiger charge is -2.46. The van der Waals surface area contributed by atoms with E-state index in [-0.39, 0.29) is 30.2 Å². The average molecular weight is 342 g/mol. The summed E-state index contributed by atoms with van der Waals surface area (Å²) in [6, 6.07) is 4.27. The Morgan fingerprint density at radius 2 is 1.76 bits per heavy atom. The van der Waals surface area contributed by atoms with Crippen molar-refractivity contribution < 1.29 is 0 Å². The molecule has 0 saturated carbocycles. The summed E-state index contributed by atoms with van der Waals surface area (Å²) in [7, 11) is 0. The van der Waals surface area contributed by atoms with E-state index in [1.807, 2.05) is 12.1 Å². The van der Waals surface area contributed by atoms with Crippen LogP contribution in [0.3, 0.4) is 0 Å². The molecule has 1 aliphatic heterocycles. The van der Waals surface area contributed by atoms with Crippen molar-refractivity contribution >= 4 is 17.3 Å². The third-order valence-electron chi connectivity index (χ3n) is 4.22. The minimum Gasteiger partial charge on any atom is -0.393 e. The fourth-order valence-electron chi connectivity index (χ4n) is 3.75. The van der Waals surface area contributed by atoms with E-state index in [0.29, 0.717) is 17.3 Å². The Labute approximate surface area is 149 Å². The van der Waals surface area contributed by atoms with Crippen molar-refractivity contribution in [2.45, 2.75) is 57.7 Å². The van der Waals surface area contributed by atoms with Gasteiger partial charge in [0.05, 0.1) is 12.1 Å². The highest BCUT2D eigenvalue weighted by Gasteiger charge is 2.38. The third-order valence-corrected chi connectivity index (χ3v) is 4.22. The van der Waals surface area contributed by atoms with E-state index >= 15 is 0 Å². The zero-order valence-electron chi connectivity index (χ0n) is 15.3. The fraction of sp³-hybridized carbons (Fsp3) is 0.647. The number of hydrogen-bond donors (Lipinski definition) is 3. The van der Waals surface area contributed by atoms with Gasteiger partial charge >= 0.3 is 0 Å². The molecule has 0 amide bonds. The van der Waals surface area contributed by atoms with E-state index in [9.17, 15) is 0 Å². The molecule has 0 aromatic carbocycles. The van der Waals surface area contributed by atoms with Crippen LogP contribution in [0, 0.1) is 22.7 Å². The van der Waals surface area contributed by atoms with Crippen LogP contribution in [0.5, 0.6) is 0 Å². The molecular weight excluding hydrogens is 316 g/mol. The lowest BCUT2D eigenvalue weighted by molar-refractivity contribution is 0.170. The second kappa shape index (κ2) is 7.12. The Morgan fingerprint density at radius 3 is 2.28 bits per heavy atom. The molecule has 2 heterocycles. The van der Waals surface area contributed by atoms with E-state index in [2.05, 4.69) is 48.3 Å².